The highest BCUT2D eigenvalue weighted by Gasteiger charge is 2.10. The number of aryl methyl sites for hydroxylation is 1. The average molecular weight is 231 g/mol. The molecule has 1 atom stereocenters. The lowest BCUT2D eigenvalue weighted by Gasteiger charge is -2.17. The van der Waals surface area contributed by atoms with E-state index in [2.05, 4.69) is 36.4 Å². The van der Waals surface area contributed by atoms with Crippen LogP contribution in [0.3, 0.4) is 0 Å². The van der Waals surface area contributed by atoms with Crippen LogP contribution in [0.2, 0.25) is 0 Å². The van der Waals surface area contributed by atoms with Crippen molar-refractivity contribution >= 4 is 0 Å². The van der Waals surface area contributed by atoms with Crippen molar-refractivity contribution in [3.05, 3.63) is 29.3 Å². The van der Waals surface area contributed by atoms with Crippen molar-refractivity contribution < 1.29 is 4.74 Å². The van der Waals surface area contributed by atoms with Crippen LogP contribution in [-0.4, -0.2) is 14.2 Å². The van der Waals surface area contributed by atoms with Crippen LogP contribution in [0.4, 0.5) is 0 Å². The van der Waals surface area contributed by atoms with Gasteiger partial charge in [0.1, 0.15) is 5.75 Å². The van der Waals surface area contributed by atoms with Crippen molar-refractivity contribution in [1.29, 1.82) is 0 Å². The minimum absolute atomic E-state index is 0.345. The van der Waals surface area contributed by atoms with Gasteiger partial charge in [0.25, 0.3) is 0 Å². The Balaban J connectivity index is 2.78. The zero-order valence-corrected chi connectivity index (χ0v) is 10.9. The molecule has 0 spiro atoms. The standard InChI is InChI=1S/C15H21NO/c1-5-6-7-8-14(16-3)13-10-9-12(2)15(11-13)17-4/h1,9-11,14,16H,6-8H2,2-4H3. The molecular weight excluding hydrogens is 210 g/mol. The molecule has 0 fully saturated rings. The van der Waals surface area contributed by atoms with Crippen LogP contribution >= 0.6 is 0 Å². The van der Waals surface area contributed by atoms with Crippen LogP contribution in [-0.2, 0) is 0 Å². The van der Waals surface area contributed by atoms with Gasteiger partial charge in [-0.3, -0.25) is 0 Å². The summed E-state index contributed by atoms with van der Waals surface area (Å²) >= 11 is 0. The summed E-state index contributed by atoms with van der Waals surface area (Å²) in [6.07, 6.45) is 8.19. The average Bonchev–Trinajstić information content (AvgIpc) is 2.36. The van der Waals surface area contributed by atoms with Gasteiger partial charge < -0.3 is 10.1 Å². The van der Waals surface area contributed by atoms with E-state index >= 15 is 0 Å². The first kappa shape index (κ1) is 13.6. The number of benzene rings is 1. The summed E-state index contributed by atoms with van der Waals surface area (Å²) in [5.41, 5.74) is 2.42. The van der Waals surface area contributed by atoms with Gasteiger partial charge in [0, 0.05) is 12.5 Å². The fraction of sp³-hybridized carbons (Fsp3) is 0.467. The molecule has 92 valence electrons. The summed E-state index contributed by atoms with van der Waals surface area (Å²) in [5, 5.41) is 3.32. The zero-order valence-electron chi connectivity index (χ0n) is 10.9. The van der Waals surface area contributed by atoms with Crippen LogP contribution in [0.15, 0.2) is 18.2 Å². The number of hydrogen-bond donors (Lipinski definition) is 1. The number of methoxy groups -OCH3 is 1. The van der Waals surface area contributed by atoms with Crippen LogP contribution in [0.1, 0.15) is 36.4 Å². The summed E-state index contributed by atoms with van der Waals surface area (Å²) in [6.45, 7) is 2.05. The van der Waals surface area contributed by atoms with Gasteiger partial charge in [-0.25, -0.2) is 0 Å². The van der Waals surface area contributed by atoms with Crippen molar-refractivity contribution in [2.75, 3.05) is 14.2 Å². The first-order valence-corrected chi connectivity index (χ1v) is 5.98. The molecule has 0 radical (unpaired) electrons. The quantitative estimate of drug-likeness (QED) is 0.600. The van der Waals surface area contributed by atoms with E-state index < -0.39 is 0 Å². The second-order valence-electron chi connectivity index (χ2n) is 4.17. The van der Waals surface area contributed by atoms with E-state index in [0.29, 0.717) is 6.04 Å². The maximum atomic E-state index is 5.35. The highest BCUT2D eigenvalue weighted by atomic mass is 16.5. The lowest BCUT2D eigenvalue weighted by Crippen LogP contribution is -2.16. The Labute approximate surface area is 104 Å². The Morgan fingerprint density at radius 3 is 2.82 bits per heavy atom. The summed E-state index contributed by atoms with van der Waals surface area (Å²) in [6, 6.07) is 6.69. The minimum Gasteiger partial charge on any atom is -0.496 e. The van der Waals surface area contributed by atoms with E-state index in [4.69, 9.17) is 11.2 Å². The number of rotatable bonds is 6. The highest BCUT2D eigenvalue weighted by molar-refractivity contribution is 5.37. The predicted octanol–water partition coefficient (Wildman–Crippen LogP) is 3.07. The second kappa shape index (κ2) is 6.98. The van der Waals surface area contributed by atoms with Crippen molar-refractivity contribution in [3.63, 3.8) is 0 Å². The molecule has 0 aliphatic heterocycles. The minimum atomic E-state index is 0.345. The van der Waals surface area contributed by atoms with E-state index in [-0.39, 0.29) is 0 Å². The largest absolute Gasteiger partial charge is 0.496 e. The monoisotopic (exact) mass is 231 g/mol. The van der Waals surface area contributed by atoms with Gasteiger partial charge >= 0.3 is 0 Å². The fourth-order valence-electron chi connectivity index (χ4n) is 1.94. The molecule has 1 unspecified atom stereocenters. The maximum Gasteiger partial charge on any atom is 0.122 e. The third kappa shape index (κ3) is 3.80. The smallest absolute Gasteiger partial charge is 0.122 e. The summed E-state index contributed by atoms with van der Waals surface area (Å²) in [7, 11) is 3.69. The van der Waals surface area contributed by atoms with Crippen LogP contribution in [0, 0.1) is 19.3 Å². The molecule has 0 aliphatic carbocycles. The Bertz CT molecular complexity index is 392. The molecule has 2 heteroatoms. The summed E-state index contributed by atoms with van der Waals surface area (Å²) < 4.78 is 5.35. The summed E-state index contributed by atoms with van der Waals surface area (Å²) in [5.74, 6) is 3.62. The lowest BCUT2D eigenvalue weighted by atomic mass is 9.99. The Morgan fingerprint density at radius 1 is 1.47 bits per heavy atom. The molecular formula is C15H21NO. The Hall–Kier alpha value is -1.46. The molecule has 0 saturated carbocycles. The van der Waals surface area contributed by atoms with E-state index in [0.717, 1.165) is 30.6 Å². The molecule has 0 aliphatic rings. The number of nitrogens with one attached hydrogen (secondary N) is 1. The maximum absolute atomic E-state index is 5.35. The molecule has 0 aromatic heterocycles. The topological polar surface area (TPSA) is 21.3 Å². The molecule has 0 bridgehead atoms. The van der Waals surface area contributed by atoms with Crippen molar-refractivity contribution in [3.8, 4) is 18.1 Å². The third-order valence-corrected chi connectivity index (χ3v) is 3.00. The number of terminal acetylenes is 1. The van der Waals surface area contributed by atoms with Crippen LogP contribution in [0.25, 0.3) is 0 Å². The first-order valence-electron chi connectivity index (χ1n) is 5.98. The number of ether oxygens (including phenoxy) is 1. The second-order valence-corrected chi connectivity index (χ2v) is 4.17. The van der Waals surface area contributed by atoms with E-state index in [1.165, 1.54) is 5.56 Å². The fourth-order valence-corrected chi connectivity index (χ4v) is 1.94. The van der Waals surface area contributed by atoms with E-state index in [1.54, 1.807) is 7.11 Å². The number of unbranched alkanes of at least 4 members (excludes halogenated alkanes) is 1. The van der Waals surface area contributed by atoms with Gasteiger partial charge in [0.15, 0.2) is 0 Å². The van der Waals surface area contributed by atoms with Gasteiger partial charge in [-0.05, 0) is 44.0 Å². The molecule has 1 aromatic carbocycles. The van der Waals surface area contributed by atoms with Gasteiger partial charge in [-0.2, -0.15) is 0 Å². The Kier molecular flexibility index (Phi) is 5.59. The molecule has 2 nitrogen and oxygen atoms in total. The molecule has 1 aromatic rings. The van der Waals surface area contributed by atoms with Gasteiger partial charge in [-0.15, -0.1) is 12.3 Å². The molecule has 1 rings (SSSR count). The third-order valence-electron chi connectivity index (χ3n) is 3.00. The molecule has 0 saturated heterocycles. The highest BCUT2D eigenvalue weighted by Crippen LogP contribution is 2.25. The van der Waals surface area contributed by atoms with Crippen molar-refractivity contribution in [2.24, 2.45) is 0 Å². The van der Waals surface area contributed by atoms with Crippen LogP contribution < -0.4 is 10.1 Å². The predicted molar refractivity (Wildman–Crippen MR) is 72.2 cm³/mol. The zero-order chi connectivity index (χ0) is 12.7. The lowest BCUT2D eigenvalue weighted by molar-refractivity contribution is 0.409. The molecule has 0 heterocycles. The molecule has 17 heavy (non-hydrogen) atoms. The van der Waals surface area contributed by atoms with Crippen molar-refractivity contribution in [2.45, 2.75) is 32.2 Å². The SMILES string of the molecule is C#CCCCC(NC)c1ccc(C)c(OC)c1. The van der Waals surface area contributed by atoms with Gasteiger partial charge in [0.2, 0.25) is 0 Å². The van der Waals surface area contributed by atoms with Crippen molar-refractivity contribution in [1.82, 2.24) is 5.32 Å². The number of hydrogen-bond acceptors (Lipinski definition) is 2. The van der Waals surface area contributed by atoms with Crippen LogP contribution in [0.5, 0.6) is 5.75 Å². The van der Waals surface area contributed by atoms with Gasteiger partial charge in [0.05, 0.1) is 7.11 Å². The molecule has 1 N–H and O–H groups in total. The van der Waals surface area contributed by atoms with E-state index in [1.807, 2.05) is 7.05 Å². The molecule has 0 amide bonds. The van der Waals surface area contributed by atoms with Gasteiger partial charge in [-0.1, -0.05) is 12.1 Å². The summed E-state index contributed by atoms with van der Waals surface area (Å²) in [4.78, 5) is 0. The normalized spacial score (nSPS) is 11.9. The first-order chi connectivity index (χ1) is 8.22. The van der Waals surface area contributed by atoms with E-state index in [9.17, 15) is 0 Å². The Morgan fingerprint density at radius 2 is 2.24 bits per heavy atom.